The molecule has 34 heavy (non-hydrogen) atoms. The van der Waals surface area contributed by atoms with Crippen molar-refractivity contribution in [2.75, 3.05) is 5.32 Å². The molecule has 2 atom stereocenters. The fourth-order valence-electron chi connectivity index (χ4n) is 3.78. The van der Waals surface area contributed by atoms with Crippen molar-refractivity contribution in [3.63, 3.8) is 0 Å². The maximum Gasteiger partial charge on any atom is 0.319 e. The number of benzene rings is 2. The molecule has 1 aromatic heterocycles. The highest BCUT2D eigenvalue weighted by Crippen LogP contribution is 2.21. The Hall–Kier alpha value is -2.81. The lowest BCUT2D eigenvalue weighted by atomic mass is 9.90. The van der Waals surface area contributed by atoms with Crippen LogP contribution in [0.4, 0.5) is 10.5 Å². The third-order valence-electron chi connectivity index (χ3n) is 5.44. The highest BCUT2D eigenvalue weighted by molar-refractivity contribution is 7.09. The minimum absolute atomic E-state index is 0.178. The van der Waals surface area contributed by atoms with Gasteiger partial charge in [0.15, 0.2) is 0 Å². The minimum atomic E-state index is -0.330. The summed E-state index contributed by atoms with van der Waals surface area (Å²) in [5, 5.41) is 12.4. The van der Waals surface area contributed by atoms with Crippen LogP contribution in [-0.2, 0) is 6.61 Å². The van der Waals surface area contributed by atoms with Gasteiger partial charge in [0.1, 0.15) is 23.1 Å². The molecule has 3 N–H and O–H groups in total. The summed E-state index contributed by atoms with van der Waals surface area (Å²) in [7, 11) is 0. The lowest BCUT2D eigenvalue weighted by molar-refractivity contribution is 0.0911. The van der Waals surface area contributed by atoms with Crippen molar-refractivity contribution in [2.24, 2.45) is 0 Å². The van der Waals surface area contributed by atoms with E-state index in [1.807, 2.05) is 0 Å². The Kier molecular flexibility index (Phi) is 8.26. The number of aromatic nitrogens is 1. The average Bonchev–Trinajstić information content (AvgIpc) is 3.29. The molecule has 0 bridgehead atoms. The second-order valence-corrected chi connectivity index (χ2v) is 9.76. The van der Waals surface area contributed by atoms with Crippen molar-refractivity contribution in [1.29, 1.82) is 0 Å². The molecule has 1 aliphatic carbocycles. The third-order valence-corrected chi connectivity index (χ3v) is 6.75. The van der Waals surface area contributed by atoms with E-state index in [1.165, 1.54) is 11.3 Å². The maximum atomic E-state index is 12.8. The molecule has 0 unspecified atom stereocenters. The van der Waals surface area contributed by atoms with Crippen LogP contribution in [0.1, 0.15) is 41.2 Å². The molecule has 4 rings (SSSR count). The Labute approximate surface area is 211 Å². The van der Waals surface area contributed by atoms with E-state index in [9.17, 15) is 9.59 Å². The normalized spacial score (nSPS) is 17.6. The Balaban J connectivity index is 1.31. The number of urea groups is 1. The molecule has 1 fully saturated rings. The summed E-state index contributed by atoms with van der Waals surface area (Å²) in [5.74, 6) is 0.417. The molecule has 7 nitrogen and oxygen atoms in total. The first-order valence-electron chi connectivity index (χ1n) is 10.9. The SMILES string of the molecule is O=C(Nc1cccc(Cl)c1)N[C@@H]1CCCC[C@H]1NC(=O)c1csc(COc2ccc(Cl)cc2)n1. The first-order chi connectivity index (χ1) is 16.5. The minimum Gasteiger partial charge on any atom is -0.486 e. The summed E-state index contributed by atoms with van der Waals surface area (Å²) in [6.45, 7) is 0.261. The second-order valence-electron chi connectivity index (χ2n) is 7.95. The van der Waals surface area contributed by atoms with Gasteiger partial charge in [-0.05, 0) is 55.3 Å². The van der Waals surface area contributed by atoms with Crippen LogP contribution in [0.3, 0.4) is 0 Å². The van der Waals surface area contributed by atoms with Gasteiger partial charge in [-0.2, -0.15) is 0 Å². The number of hydrogen-bond acceptors (Lipinski definition) is 5. The first kappa shape index (κ1) is 24.3. The number of ether oxygens (including phenoxy) is 1. The summed E-state index contributed by atoms with van der Waals surface area (Å²) >= 11 is 13.2. The molecule has 10 heteroatoms. The van der Waals surface area contributed by atoms with Crippen LogP contribution in [0.15, 0.2) is 53.9 Å². The van der Waals surface area contributed by atoms with Gasteiger partial charge in [-0.3, -0.25) is 4.79 Å². The predicted octanol–water partition coefficient (Wildman–Crippen LogP) is 5.89. The number of thiazole rings is 1. The third kappa shape index (κ3) is 6.85. The van der Waals surface area contributed by atoms with E-state index in [0.29, 0.717) is 32.2 Å². The number of carbonyl (C=O) groups is 2. The summed E-state index contributed by atoms with van der Waals surface area (Å²) in [6.07, 6.45) is 3.53. The zero-order chi connectivity index (χ0) is 23.9. The first-order valence-corrected chi connectivity index (χ1v) is 12.6. The number of nitrogens with zero attached hydrogens (tertiary/aromatic N) is 1. The Morgan fingerprint density at radius 1 is 1.00 bits per heavy atom. The lowest BCUT2D eigenvalue weighted by Gasteiger charge is -2.32. The fraction of sp³-hybridized carbons (Fsp3) is 0.292. The lowest BCUT2D eigenvalue weighted by Crippen LogP contribution is -2.54. The standard InChI is InChI=1S/C24H24Cl2N4O3S/c25-15-8-10-18(11-9-15)33-13-22-28-21(14-34-22)23(31)29-19-6-1-2-7-20(19)30-24(32)27-17-5-3-4-16(26)12-17/h3-5,8-12,14,19-20H,1-2,6-7,13H2,(H,29,31)(H2,27,30,32)/t19-,20-/m1/s1. The molecule has 178 valence electrons. The number of hydrogen-bond donors (Lipinski definition) is 3. The fourth-order valence-corrected chi connectivity index (χ4v) is 4.78. The van der Waals surface area contributed by atoms with Crippen molar-refractivity contribution >= 4 is 52.2 Å². The molecule has 1 saturated carbocycles. The van der Waals surface area contributed by atoms with Crippen LogP contribution < -0.4 is 20.7 Å². The highest BCUT2D eigenvalue weighted by Gasteiger charge is 2.28. The number of halogens is 2. The molecule has 0 aliphatic heterocycles. The van der Waals surface area contributed by atoms with Gasteiger partial charge in [0.2, 0.25) is 0 Å². The molecule has 3 aromatic rings. The van der Waals surface area contributed by atoms with E-state index >= 15 is 0 Å². The number of amides is 3. The van der Waals surface area contributed by atoms with Crippen molar-refractivity contribution in [3.05, 3.63) is 74.7 Å². The Morgan fingerprint density at radius 2 is 1.74 bits per heavy atom. The number of rotatable bonds is 7. The van der Waals surface area contributed by atoms with E-state index in [-0.39, 0.29) is 30.6 Å². The van der Waals surface area contributed by atoms with Gasteiger partial charge in [0.05, 0.1) is 6.04 Å². The van der Waals surface area contributed by atoms with Gasteiger partial charge in [-0.1, -0.05) is 42.1 Å². The molecule has 3 amide bonds. The summed E-state index contributed by atoms with van der Waals surface area (Å²) in [5.41, 5.74) is 0.949. The predicted molar refractivity (Wildman–Crippen MR) is 135 cm³/mol. The molecule has 0 spiro atoms. The molecule has 0 radical (unpaired) electrons. The van der Waals surface area contributed by atoms with Gasteiger partial charge in [-0.25, -0.2) is 9.78 Å². The van der Waals surface area contributed by atoms with E-state index < -0.39 is 0 Å². The van der Waals surface area contributed by atoms with Gasteiger partial charge >= 0.3 is 6.03 Å². The van der Waals surface area contributed by atoms with E-state index in [2.05, 4.69) is 20.9 Å². The van der Waals surface area contributed by atoms with Gasteiger partial charge in [-0.15, -0.1) is 11.3 Å². The zero-order valence-electron chi connectivity index (χ0n) is 18.2. The number of carbonyl (C=O) groups excluding carboxylic acids is 2. The Bertz CT molecular complexity index is 1140. The van der Waals surface area contributed by atoms with Crippen LogP contribution in [0, 0.1) is 0 Å². The van der Waals surface area contributed by atoms with E-state index in [0.717, 1.165) is 25.7 Å². The summed E-state index contributed by atoms with van der Waals surface area (Å²) in [6, 6.07) is 13.3. The molecule has 1 aliphatic rings. The maximum absolute atomic E-state index is 12.8. The molecule has 0 saturated heterocycles. The summed E-state index contributed by atoms with van der Waals surface area (Å²) in [4.78, 5) is 29.7. The van der Waals surface area contributed by atoms with Gasteiger partial charge in [0.25, 0.3) is 5.91 Å². The number of nitrogens with one attached hydrogen (secondary N) is 3. The molecular weight excluding hydrogens is 495 g/mol. The van der Waals surface area contributed by atoms with Crippen LogP contribution in [0.25, 0.3) is 0 Å². The molecular formula is C24H24Cl2N4O3S. The van der Waals surface area contributed by atoms with E-state index in [4.69, 9.17) is 27.9 Å². The quantitative estimate of drug-likeness (QED) is 0.363. The van der Waals surface area contributed by atoms with Gasteiger partial charge < -0.3 is 20.7 Å². The second kappa shape index (κ2) is 11.6. The summed E-state index contributed by atoms with van der Waals surface area (Å²) < 4.78 is 5.70. The van der Waals surface area contributed by atoms with Crippen LogP contribution >= 0.6 is 34.5 Å². The topological polar surface area (TPSA) is 92.4 Å². The van der Waals surface area contributed by atoms with Crippen molar-refractivity contribution in [3.8, 4) is 5.75 Å². The van der Waals surface area contributed by atoms with Crippen molar-refractivity contribution in [1.82, 2.24) is 15.6 Å². The molecule has 2 aromatic carbocycles. The van der Waals surface area contributed by atoms with Crippen molar-refractivity contribution in [2.45, 2.75) is 44.4 Å². The van der Waals surface area contributed by atoms with E-state index in [1.54, 1.807) is 53.9 Å². The smallest absolute Gasteiger partial charge is 0.319 e. The van der Waals surface area contributed by atoms with Crippen molar-refractivity contribution < 1.29 is 14.3 Å². The zero-order valence-corrected chi connectivity index (χ0v) is 20.6. The van der Waals surface area contributed by atoms with Crippen LogP contribution in [0.2, 0.25) is 10.0 Å². The van der Waals surface area contributed by atoms with Crippen LogP contribution in [-0.4, -0.2) is 29.0 Å². The van der Waals surface area contributed by atoms with Crippen LogP contribution in [0.5, 0.6) is 5.75 Å². The average molecular weight is 519 g/mol. The highest BCUT2D eigenvalue weighted by atomic mass is 35.5. The Morgan fingerprint density at radius 3 is 2.47 bits per heavy atom. The largest absolute Gasteiger partial charge is 0.486 e. The van der Waals surface area contributed by atoms with Gasteiger partial charge in [0, 0.05) is 27.2 Å². The molecule has 1 heterocycles. The monoisotopic (exact) mass is 518 g/mol. The number of anilines is 1.